The van der Waals surface area contributed by atoms with Crippen molar-refractivity contribution in [2.45, 2.75) is 59.0 Å². The van der Waals surface area contributed by atoms with Crippen LogP contribution in [0.25, 0.3) is 6.08 Å². The first-order chi connectivity index (χ1) is 16.1. The van der Waals surface area contributed by atoms with Crippen LogP contribution in [0.3, 0.4) is 0 Å². The van der Waals surface area contributed by atoms with Gasteiger partial charge >= 0.3 is 5.97 Å². The molecule has 1 fully saturated rings. The molecule has 0 atom stereocenters. The SMILES string of the molecule is CCCC1CCC(C(=Cc2ccc(OCC)c(F)c2OCc2ccccc2)C(=O)OC)CC1. The van der Waals surface area contributed by atoms with Crippen LogP contribution >= 0.6 is 0 Å². The summed E-state index contributed by atoms with van der Waals surface area (Å²) in [6.07, 6.45) is 8.23. The van der Waals surface area contributed by atoms with Crippen LogP contribution in [0.1, 0.15) is 63.5 Å². The third-order valence-corrected chi connectivity index (χ3v) is 6.33. The Morgan fingerprint density at radius 3 is 2.39 bits per heavy atom. The summed E-state index contributed by atoms with van der Waals surface area (Å²) in [6, 6.07) is 12.9. The van der Waals surface area contributed by atoms with Gasteiger partial charge < -0.3 is 14.2 Å². The Bertz CT molecular complexity index is 930. The Morgan fingerprint density at radius 1 is 1.03 bits per heavy atom. The molecule has 0 aliphatic heterocycles. The van der Waals surface area contributed by atoms with E-state index in [1.54, 1.807) is 18.2 Å². The molecule has 2 aromatic rings. The molecule has 0 aromatic heterocycles. The molecule has 0 N–H and O–H groups in total. The molecule has 3 rings (SSSR count). The standard InChI is InChI=1S/C28H35FO4/c1-4-9-20-12-14-22(15-13-20)24(28(30)31-3)18-23-16-17-25(32-5-2)26(29)27(23)33-19-21-10-7-6-8-11-21/h6-8,10-11,16-18,20,22H,4-5,9,12-15,19H2,1-3H3. The Kier molecular flexibility index (Phi) is 9.35. The van der Waals surface area contributed by atoms with E-state index >= 15 is 4.39 Å². The number of halogens is 1. The quantitative estimate of drug-likeness (QED) is 0.287. The van der Waals surface area contributed by atoms with Crippen molar-refractivity contribution < 1.29 is 23.4 Å². The van der Waals surface area contributed by atoms with Gasteiger partial charge in [0.1, 0.15) is 6.61 Å². The highest BCUT2D eigenvalue weighted by molar-refractivity contribution is 5.94. The lowest BCUT2D eigenvalue weighted by molar-refractivity contribution is -0.136. The normalized spacial score (nSPS) is 18.6. The molecule has 0 bridgehead atoms. The Balaban J connectivity index is 1.93. The Morgan fingerprint density at radius 2 is 1.76 bits per heavy atom. The fraction of sp³-hybridized carbons (Fsp3) is 0.464. The number of hydrogen-bond acceptors (Lipinski definition) is 4. The van der Waals surface area contributed by atoms with Crippen LogP contribution in [0.15, 0.2) is 48.0 Å². The van der Waals surface area contributed by atoms with Gasteiger partial charge in [-0.3, -0.25) is 0 Å². The van der Waals surface area contributed by atoms with Gasteiger partial charge in [0.05, 0.1) is 13.7 Å². The number of benzene rings is 2. The van der Waals surface area contributed by atoms with E-state index < -0.39 is 5.82 Å². The van der Waals surface area contributed by atoms with E-state index in [1.165, 1.54) is 20.0 Å². The van der Waals surface area contributed by atoms with Crippen molar-refractivity contribution in [1.82, 2.24) is 0 Å². The van der Waals surface area contributed by atoms with Crippen molar-refractivity contribution >= 4 is 12.0 Å². The molecule has 0 amide bonds. The van der Waals surface area contributed by atoms with Crippen LogP contribution in [0.4, 0.5) is 4.39 Å². The molecule has 2 aromatic carbocycles. The maximum Gasteiger partial charge on any atom is 0.334 e. The summed E-state index contributed by atoms with van der Waals surface area (Å²) in [7, 11) is 1.39. The summed E-state index contributed by atoms with van der Waals surface area (Å²) in [5.41, 5.74) is 2.03. The molecule has 1 aliphatic rings. The fourth-order valence-electron chi connectivity index (χ4n) is 4.61. The van der Waals surface area contributed by atoms with Crippen molar-refractivity contribution in [3.05, 3.63) is 65.0 Å². The van der Waals surface area contributed by atoms with E-state index in [9.17, 15) is 4.79 Å². The molecule has 0 saturated heterocycles. The van der Waals surface area contributed by atoms with Gasteiger partial charge in [-0.15, -0.1) is 0 Å². The maximum absolute atomic E-state index is 15.3. The van der Waals surface area contributed by atoms with Gasteiger partial charge in [-0.2, -0.15) is 4.39 Å². The minimum Gasteiger partial charge on any atom is -0.491 e. The molecule has 5 heteroatoms. The average Bonchev–Trinajstić information content (AvgIpc) is 2.84. The van der Waals surface area contributed by atoms with Crippen molar-refractivity contribution in [2.75, 3.05) is 13.7 Å². The van der Waals surface area contributed by atoms with Gasteiger partial charge in [-0.25, -0.2) is 4.79 Å². The predicted octanol–water partition coefficient (Wildman–Crippen LogP) is 6.97. The number of carbonyl (C=O) groups is 1. The topological polar surface area (TPSA) is 44.8 Å². The lowest BCUT2D eigenvalue weighted by atomic mass is 9.76. The van der Waals surface area contributed by atoms with Crippen LogP contribution in [-0.2, 0) is 16.1 Å². The zero-order valence-corrected chi connectivity index (χ0v) is 19.9. The minimum atomic E-state index is -0.558. The minimum absolute atomic E-state index is 0.0888. The number of rotatable bonds is 10. The van der Waals surface area contributed by atoms with E-state index in [-0.39, 0.29) is 30.0 Å². The van der Waals surface area contributed by atoms with E-state index in [4.69, 9.17) is 14.2 Å². The van der Waals surface area contributed by atoms with E-state index in [0.29, 0.717) is 17.7 Å². The fourth-order valence-corrected chi connectivity index (χ4v) is 4.61. The van der Waals surface area contributed by atoms with Gasteiger partial charge in [0.2, 0.25) is 5.82 Å². The monoisotopic (exact) mass is 454 g/mol. The first-order valence-corrected chi connectivity index (χ1v) is 12.0. The van der Waals surface area contributed by atoms with Crippen molar-refractivity contribution in [3.8, 4) is 11.5 Å². The van der Waals surface area contributed by atoms with Crippen LogP contribution in [0.2, 0.25) is 0 Å². The summed E-state index contributed by atoms with van der Waals surface area (Å²) in [5.74, 6) is 0.123. The highest BCUT2D eigenvalue weighted by Crippen LogP contribution is 2.38. The number of esters is 1. The molecule has 0 radical (unpaired) electrons. The number of carbonyl (C=O) groups excluding carboxylic acids is 1. The van der Waals surface area contributed by atoms with Crippen molar-refractivity contribution in [3.63, 3.8) is 0 Å². The van der Waals surface area contributed by atoms with E-state index in [2.05, 4.69) is 6.92 Å². The summed E-state index contributed by atoms with van der Waals surface area (Å²) in [4.78, 5) is 12.7. The Labute approximate surface area is 196 Å². The average molecular weight is 455 g/mol. The number of hydrogen-bond donors (Lipinski definition) is 0. The summed E-state index contributed by atoms with van der Waals surface area (Å²) < 4.78 is 31.8. The largest absolute Gasteiger partial charge is 0.491 e. The zero-order valence-electron chi connectivity index (χ0n) is 19.9. The van der Waals surface area contributed by atoms with Crippen molar-refractivity contribution in [1.29, 1.82) is 0 Å². The predicted molar refractivity (Wildman–Crippen MR) is 129 cm³/mol. The molecule has 0 heterocycles. The molecular weight excluding hydrogens is 419 g/mol. The molecule has 33 heavy (non-hydrogen) atoms. The second kappa shape index (κ2) is 12.4. The summed E-state index contributed by atoms with van der Waals surface area (Å²) >= 11 is 0. The van der Waals surface area contributed by atoms with Gasteiger partial charge in [-0.05, 0) is 68.2 Å². The molecule has 4 nitrogen and oxygen atoms in total. The van der Waals surface area contributed by atoms with Crippen LogP contribution in [-0.4, -0.2) is 19.7 Å². The molecule has 0 unspecified atom stereocenters. The van der Waals surface area contributed by atoms with Crippen LogP contribution < -0.4 is 9.47 Å². The second-order valence-electron chi connectivity index (χ2n) is 8.60. The number of methoxy groups -OCH3 is 1. The highest BCUT2D eigenvalue weighted by atomic mass is 19.1. The van der Waals surface area contributed by atoms with Gasteiger partial charge in [0, 0.05) is 11.1 Å². The third-order valence-electron chi connectivity index (χ3n) is 6.33. The molecular formula is C28H35FO4. The molecule has 1 saturated carbocycles. The molecule has 1 aliphatic carbocycles. The smallest absolute Gasteiger partial charge is 0.334 e. The van der Waals surface area contributed by atoms with Crippen molar-refractivity contribution in [2.24, 2.45) is 11.8 Å². The highest BCUT2D eigenvalue weighted by Gasteiger charge is 2.28. The maximum atomic E-state index is 15.3. The Hall–Kier alpha value is -2.82. The van der Waals surface area contributed by atoms with E-state index in [0.717, 1.165) is 37.2 Å². The van der Waals surface area contributed by atoms with Gasteiger partial charge in [0.25, 0.3) is 0 Å². The molecule has 0 spiro atoms. The number of ether oxygens (including phenoxy) is 3. The zero-order chi connectivity index (χ0) is 23.6. The summed E-state index contributed by atoms with van der Waals surface area (Å²) in [5, 5.41) is 0. The second-order valence-corrected chi connectivity index (χ2v) is 8.60. The van der Waals surface area contributed by atoms with Gasteiger partial charge in [0.15, 0.2) is 11.5 Å². The van der Waals surface area contributed by atoms with E-state index in [1.807, 2.05) is 37.3 Å². The van der Waals surface area contributed by atoms with Crippen LogP contribution in [0, 0.1) is 17.7 Å². The summed E-state index contributed by atoms with van der Waals surface area (Å²) in [6.45, 7) is 4.58. The first-order valence-electron chi connectivity index (χ1n) is 12.0. The molecule has 178 valence electrons. The first kappa shape index (κ1) is 24.8. The van der Waals surface area contributed by atoms with Crippen LogP contribution in [0.5, 0.6) is 11.5 Å². The lowest BCUT2D eigenvalue weighted by Crippen LogP contribution is -2.21. The van der Waals surface area contributed by atoms with Gasteiger partial charge in [-0.1, -0.05) is 50.1 Å². The third kappa shape index (κ3) is 6.59. The lowest BCUT2D eigenvalue weighted by Gasteiger charge is -2.29.